The van der Waals surface area contributed by atoms with Gasteiger partial charge in [0.05, 0.1) is 0 Å². The minimum Gasteiger partial charge on any atom is -0.294 e. The molecule has 3 rings (SSSR count). The lowest BCUT2D eigenvalue weighted by Crippen LogP contribution is -2.16. The summed E-state index contributed by atoms with van der Waals surface area (Å²) in [6.45, 7) is 0. The maximum atomic E-state index is 13.2. The van der Waals surface area contributed by atoms with Crippen LogP contribution in [0.1, 0.15) is 29.6 Å². The van der Waals surface area contributed by atoms with Crippen LogP contribution in [-0.4, -0.2) is 11.7 Å². The fraction of sp³-hybridized carbons (Fsp3) is 0.312. The van der Waals surface area contributed by atoms with E-state index in [0.29, 0.717) is 5.56 Å². The Bertz CT molecular complexity index is 628. The average Bonchev–Trinajstić information content (AvgIpc) is 2.78. The monoisotopic (exact) mass is 260 g/mol. The number of fused-ring (bicyclic) bond motifs is 1. The van der Waals surface area contributed by atoms with Crippen LogP contribution >= 0.6 is 0 Å². The second-order valence-electron chi connectivity index (χ2n) is 5.19. The van der Waals surface area contributed by atoms with E-state index in [9.17, 15) is 13.6 Å². The van der Waals surface area contributed by atoms with Gasteiger partial charge in [0, 0.05) is 24.3 Å². The number of carbonyl (C=O) groups is 1. The number of Topliss-reactive ketones (excluding diaryl/α,β-unsaturated/α-hetero) is 1. The number of alkyl halides is 2. The first-order valence-electron chi connectivity index (χ1n) is 6.47. The summed E-state index contributed by atoms with van der Waals surface area (Å²) in [6.07, 6.45) is -0.196. The molecule has 1 aliphatic rings. The molecule has 19 heavy (non-hydrogen) atoms. The maximum absolute atomic E-state index is 13.2. The maximum Gasteiger partial charge on any atom is 0.248 e. The van der Waals surface area contributed by atoms with Gasteiger partial charge in [0.15, 0.2) is 5.78 Å². The lowest BCUT2D eigenvalue weighted by molar-refractivity contribution is 0.00531. The van der Waals surface area contributed by atoms with Crippen LogP contribution in [0.2, 0.25) is 0 Å². The van der Waals surface area contributed by atoms with Crippen molar-refractivity contribution in [3.63, 3.8) is 0 Å². The molecule has 0 aromatic heterocycles. The smallest absolute Gasteiger partial charge is 0.248 e. The number of halogens is 2. The van der Waals surface area contributed by atoms with Gasteiger partial charge in [-0.05, 0) is 17.2 Å². The molecule has 0 radical (unpaired) electrons. The highest BCUT2D eigenvalue weighted by molar-refractivity contribution is 6.09. The Morgan fingerprint density at radius 3 is 2.58 bits per heavy atom. The zero-order chi connectivity index (χ0) is 13.5. The van der Waals surface area contributed by atoms with Crippen LogP contribution in [0.5, 0.6) is 0 Å². The van der Waals surface area contributed by atoms with Gasteiger partial charge < -0.3 is 0 Å². The van der Waals surface area contributed by atoms with Gasteiger partial charge in [-0.2, -0.15) is 0 Å². The molecule has 1 atom stereocenters. The van der Waals surface area contributed by atoms with E-state index in [2.05, 4.69) is 0 Å². The van der Waals surface area contributed by atoms with Crippen molar-refractivity contribution in [2.75, 3.05) is 0 Å². The summed E-state index contributed by atoms with van der Waals surface area (Å²) < 4.78 is 26.5. The molecule has 2 aromatic carbocycles. The Morgan fingerprint density at radius 2 is 1.84 bits per heavy atom. The van der Waals surface area contributed by atoms with Crippen molar-refractivity contribution in [2.45, 2.75) is 25.2 Å². The topological polar surface area (TPSA) is 17.1 Å². The SMILES string of the molecule is O=C(c1cccc2ccccc12)C1CCC(F)(F)C1. The van der Waals surface area contributed by atoms with E-state index in [1.165, 1.54) is 0 Å². The molecule has 1 saturated carbocycles. The predicted octanol–water partition coefficient (Wildman–Crippen LogP) is 4.46. The van der Waals surface area contributed by atoms with E-state index in [1.807, 2.05) is 36.4 Å². The first kappa shape index (κ1) is 12.3. The zero-order valence-corrected chi connectivity index (χ0v) is 10.4. The Balaban J connectivity index is 1.99. The third-order valence-electron chi connectivity index (χ3n) is 3.83. The summed E-state index contributed by atoms with van der Waals surface area (Å²) in [6, 6.07) is 13.0. The minimum absolute atomic E-state index is 0.144. The van der Waals surface area contributed by atoms with E-state index >= 15 is 0 Å². The molecule has 0 amide bonds. The standard InChI is InChI=1S/C16H14F2O/c17-16(18)9-8-12(10-16)15(19)14-7-3-5-11-4-1-2-6-13(11)14/h1-7,12H,8-10H2. The van der Waals surface area contributed by atoms with E-state index in [4.69, 9.17) is 0 Å². The molecule has 0 saturated heterocycles. The fourth-order valence-corrected chi connectivity index (χ4v) is 2.83. The van der Waals surface area contributed by atoms with E-state index in [1.54, 1.807) is 6.07 Å². The van der Waals surface area contributed by atoms with Crippen molar-refractivity contribution in [1.29, 1.82) is 0 Å². The Kier molecular flexibility index (Phi) is 2.85. The average molecular weight is 260 g/mol. The summed E-state index contributed by atoms with van der Waals surface area (Å²) in [7, 11) is 0. The van der Waals surface area contributed by atoms with E-state index < -0.39 is 11.8 Å². The van der Waals surface area contributed by atoms with Crippen LogP contribution in [0.3, 0.4) is 0 Å². The van der Waals surface area contributed by atoms with Gasteiger partial charge in [-0.1, -0.05) is 42.5 Å². The zero-order valence-electron chi connectivity index (χ0n) is 10.4. The van der Waals surface area contributed by atoms with Crippen LogP contribution in [0.25, 0.3) is 10.8 Å². The summed E-state index contributed by atoms with van der Waals surface area (Å²) in [5.41, 5.74) is 0.570. The number of ketones is 1. The summed E-state index contributed by atoms with van der Waals surface area (Å²) in [5.74, 6) is -3.36. The first-order valence-corrected chi connectivity index (χ1v) is 6.47. The summed E-state index contributed by atoms with van der Waals surface area (Å²) in [4.78, 5) is 12.4. The first-order chi connectivity index (χ1) is 9.07. The van der Waals surface area contributed by atoms with Crippen molar-refractivity contribution in [3.05, 3.63) is 48.0 Å². The van der Waals surface area contributed by atoms with E-state index in [0.717, 1.165) is 10.8 Å². The number of carbonyl (C=O) groups excluding carboxylic acids is 1. The predicted molar refractivity (Wildman–Crippen MR) is 70.6 cm³/mol. The second-order valence-corrected chi connectivity index (χ2v) is 5.19. The summed E-state index contributed by atoms with van der Waals surface area (Å²) in [5, 5.41) is 1.82. The van der Waals surface area contributed by atoms with Gasteiger partial charge in [-0.3, -0.25) is 4.79 Å². The van der Waals surface area contributed by atoms with Gasteiger partial charge in [0.2, 0.25) is 5.92 Å². The van der Waals surface area contributed by atoms with Crippen LogP contribution in [-0.2, 0) is 0 Å². The van der Waals surface area contributed by atoms with Crippen molar-refractivity contribution in [3.8, 4) is 0 Å². The normalized spacial score (nSPS) is 21.7. The van der Waals surface area contributed by atoms with Gasteiger partial charge >= 0.3 is 0 Å². The number of hydrogen-bond donors (Lipinski definition) is 0. The van der Waals surface area contributed by atoms with Gasteiger partial charge in [0.1, 0.15) is 0 Å². The highest BCUT2D eigenvalue weighted by Gasteiger charge is 2.42. The third kappa shape index (κ3) is 2.25. The van der Waals surface area contributed by atoms with Crippen molar-refractivity contribution >= 4 is 16.6 Å². The lowest BCUT2D eigenvalue weighted by Gasteiger charge is -2.11. The summed E-state index contributed by atoms with van der Waals surface area (Å²) >= 11 is 0. The molecule has 3 heteroatoms. The molecule has 1 aliphatic carbocycles. The van der Waals surface area contributed by atoms with E-state index in [-0.39, 0.29) is 25.0 Å². The molecule has 1 fully saturated rings. The fourth-order valence-electron chi connectivity index (χ4n) is 2.83. The number of benzene rings is 2. The molecule has 0 spiro atoms. The molecule has 0 N–H and O–H groups in total. The van der Waals surface area contributed by atoms with Crippen molar-refractivity contribution < 1.29 is 13.6 Å². The molecule has 0 aliphatic heterocycles. The molecular weight excluding hydrogens is 246 g/mol. The third-order valence-corrected chi connectivity index (χ3v) is 3.83. The van der Waals surface area contributed by atoms with Crippen LogP contribution in [0.4, 0.5) is 8.78 Å². The molecule has 98 valence electrons. The van der Waals surface area contributed by atoms with Crippen molar-refractivity contribution in [2.24, 2.45) is 5.92 Å². The molecular formula is C16H14F2O. The van der Waals surface area contributed by atoms with Gasteiger partial charge in [0.25, 0.3) is 0 Å². The highest BCUT2D eigenvalue weighted by atomic mass is 19.3. The van der Waals surface area contributed by atoms with Gasteiger partial charge in [-0.25, -0.2) is 8.78 Å². The van der Waals surface area contributed by atoms with Crippen LogP contribution < -0.4 is 0 Å². The molecule has 0 heterocycles. The quantitative estimate of drug-likeness (QED) is 0.729. The minimum atomic E-state index is -2.68. The van der Waals surface area contributed by atoms with Crippen LogP contribution in [0, 0.1) is 5.92 Å². The van der Waals surface area contributed by atoms with Crippen LogP contribution in [0.15, 0.2) is 42.5 Å². The molecule has 2 aromatic rings. The molecule has 1 unspecified atom stereocenters. The molecule has 1 nitrogen and oxygen atoms in total. The van der Waals surface area contributed by atoms with Crippen molar-refractivity contribution in [1.82, 2.24) is 0 Å². The Labute approximate surface area is 110 Å². The van der Waals surface area contributed by atoms with Gasteiger partial charge in [-0.15, -0.1) is 0 Å². The largest absolute Gasteiger partial charge is 0.294 e. The highest BCUT2D eigenvalue weighted by Crippen LogP contribution is 2.40. The Hall–Kier alpha value is -1.77. The number of hydrogen-bond acceptors (Lipinski definition) is 1. The second kappa shape index (κ2) is 4.41. The lowest BCUT2D eigenvalue weighted by atomic mass is 9.92. The number of rotatable bonds is 2. The molecule has 0 bridgehead atoms. The Morgan fingerprint density at radius 1 is 1.11 bits per heavy atom.